The van der Waals surface area contributed by atoms with Crippen molar-refractivity contribution in [3.8, 4) is 11.5 Å². The van der Waals surface area contributed by atoms with Crippen molar-refractivity contribution in [2.45, 2.75) is 34.6 Å². The van der Waals surface area contributed by atoms with E-state index in [1.807, 2.05) is 33.8 Å². The number of aryl methyl sites for hydroxylation is 1. The van der Waals surface area contributed by atoms with Gasteiger partial charge in [0.15, 0.2) is 11.6 Å². The van der Waals surface area contributed by atoms with Crippen molar-refractivity contribution in [2.75, 3.05) is 0 Å². The summed E-state index contributed by atoms with van der Waals surface area (Å²) >= 11 is 0. The van der Waals surface area contributed by atoms with Crippen LogP contribution in [0.15, 0.2) is 42.5 Å². The number of ether oxygens (including phenoxy) is 1. The number of halogens is 2. The van der Waals surface area contributed by atoms with E-state index >= 15 is 0 Å². The average molecular weight is 280 g/mol. The molecule has 110 valence electrons. The van der Waals surface area contributed by atoms with Gasteiger partial charge in [0.25, 0.3) is 0 Å². The fourth-order valence-electron chi connectivity index (χ4n) is 1.32. The summed E-state index contributed by atoms with van der Waals surface area (Å²) in [5.74, 6) is -0.672. The number of hydrogen-bond acceptors (Lipinski definition) is 1. The fraction of sp³-hybridized carbons (Fsp3) is 0.294. The zero-order chi connectivity index (χ0) is 15.5. The van der Waals surface area contributed by atoms with Crippen LogP contribution in [0.2, 0.25) is 0 Å². The molecule has 2 aromatic rings. The summed E-state index contributed by atoms with van der Waals surface area (Å²) in [4.78, 5) is 0. The molecule has 1 nitrogen and oxygen atoms in total. The van der Waals surface area contributed by atoms with Gasteiger partial charge in [0, 0.05) is 6.07 Å². The number of rotatable bonds is 2. The van der Waals surface area contributed by atoms with E-state index in [4.69, 9.17) is 4.74 Å². The van der Waals surface area contributed by atoms with Crippen molar-refractivity contribution >= 4 is 0 Å². The van der Waals surface area contributed by atoms with Gasteiger partial charge >= 0.3 is 0 Å². The van der Waals surface area contributed by atoms with E-state index in [1.165, 1.54) is 6.92 Å². The van der Waals surface area contributed by atoms with Crippen LogP contribution in [0.4, 0.5) is 8.78 Å². The average Bonchev–Trinajstić information content (AvgIpc) is 2.50. The third-order valence-electron chi connectivity index (χ3n) is 2.18. The van der Waals surface area contributed by atoms with Crippen LogP contribution in [0.25, 0.3) is 0 Å². The lowest BCUT2D eigenvalue weighted by Gasteiger charge is -2.07. The summed E-state index contributed by atoms with van der Waals surface area (Å²) in [6.45, 7) is 9.50. The SMILES string of the molecule is CC.CC.Cc1cc(F)c(Oc2ccccc2)cc1F. The summed E-state index contributed by atoms with van der Waals surface area (Å²) in [6, 6.07) is 10.9. The van der Waals surface area contributed by atoms with Crippen LogP contribution >= 0.6 is 0 Å². The van der Waals surface area contributed by atoms with Crippen molar-refractivity contribution in [3.63, 3.8) is 0 Å². The van der Waals surface area contributed by atoms with Gasteiger partial charge < -0.3 is 4.74 Å². The summed E-state index contributed by atoms with van der Waals surface area (Å²) < 4.78 is 31.9. The minimum atomic E-state index is -0.567. The highest BCUT2D eigenvalue weighted by atomic mass is 19.1. The number of benzene rings is 2. The Labute approximate surface area is 120 Å². The first kappa shape index (κ1) is 18.1. The molecule has 3 heteroatoms. The first-order valence-corrected chi connectivity index (χ1v) is 6.85. The molecule has 0 heterocycles. The Morgan fingerprint density at radius 2 is 1.35 bits per heavy atom. The standard InChI is InChI=1S/C13H10F2O.2C2H6/c1-9-7-12(15)13(8-11(9)14)16-10-5-3-2-4-6-10;2*1-2/h2-8H,1H3;2*1-2H3. The second kappa shape index (κ2) is 9.96. The predicted octanol–water partition coefficient (Wildman–Crippen LogP) is 6.12. The van der Waals surface area contributed by atoms with Crippen molar-refractivity contribution < 1.29 is 13.5 Å². The van der Waals surface area contributed by atoms with Crippen LogP contribution < -0.4 is 4.74 Å². The molecule has 0 unspecified atom stereocenters. The predicted molar refractivity (Wildman–Crippen MR) is 80.3 cm³/mol. The second-order valence-electron chi connectivity index (χ2n) is 3.45. The summed E-state index contributed by atoms with van der Waals surface area (Å²) in [7, 11) is 0. The van der Waals surface area contributed by atoms with Crippen molar-refractivity contribution in [3.05, 3.63) is 59.7 Å². The lowest BCUT2D eigenvalue weighted by molar-refractivity contribution is 0.435. The van der Waals surface area contributed by atoms with Crippen LogP contribution in [0.5, 0.6) is 11.5 Å². The van der Waals surface area contributed by atoms with E-state index in [-0.39, 0.29) is 11.3 Å². The topological polar surface area (TPSA) is 9.23 Å². The van der Waals surface area contributed by atoms with E-state index in [0.29, 0.717) is 5.75 Å². The molecule has 0 spiro atoms. The zero-order valence-electron chi connectivity index (χ0n) is 12.7. The van der Waals surface area contributed by atoms with Gasteiger partial charge in [-0.3, -0.25) is 0 Å². The van der Waals surface area contributed by atoms with Crippen LogP contribution in [-0.4, -0.2) is 0 Å². The van der Waals surface area contributed by atoms with Crippen LogP contribution in [0.1, 0.15) is 33.3 Å². The number of hydrogen-bond donors (Lipinski definition) is 0. The maximum absolute atomic E-state index is 13.4. The minimum Gasteiger partial charge on any atom is -0.454 e. The van der Waals surface area contributed by atoms with Crippen LogP contribution in [0, 0.1) is 18.6 Å². The Bertz CT molecular complexity index is 496. The third-order valence-corrected chi connectivity index (χ3v) is 2.18. The quantitative estimate of drug-likeness (QED) is 0.644. The largest absolute Gasteiger partial charge is 0.454 e. The van der Waals surface area contributed by atoms with Crippen LogP contribution in [-0.2, 0) is 0 Å². The number of para-hydroxylation sites is 1. The monoisotopic (exact) mass is 280 g/mol. The molecular weight excluding hydrogens is 258 g/mol. The van der Waals surface area contributed by atoms with Crippen molar-refractivity contribution in [1.29, 1.82) is 0 Å². The molecule has 0 amide bonds. The molecule has 0 aliphatic rings. The highest BCUT2D eigenvalue weighted by molar-refractivity contribution is 5.34. The maximum Gasteiger partial charge on any atom is 0.166 e. The van der Waals surface area contributed by atoms with Gasteiger partial charge in [-0.15, -0.1) is 0 Å². The fourth-order valence-corrected chi connectivity index (χ4v) is 1.32. The summed E-state index contributed by atoms with van der Waals surface area (Å²) in [6.07, 6.45) is 0. The van der Waals surface area contributed by atoms with E-state index in [2.05, 4.69) is 0 Å². The Balaban J connectivity index is 0.000000829. The Kier molecular flexibility index (Phi) is 9.01. The van der Waals surface area contributed by atoms with E-state index in [0.717, 1.165) is 12.1 Å². The molecule has 0 aromatic heterocycles. The van der Waals surface area contributed by atoms with Gasteiger partial charge in [-0.05, 0) is 30.7 Å². The van der Waals surface area contributed by atoms with E-state index in [9.17, 15) is 8.78 Å². The second-order valence-corrected chi connectivity index (χ2v) is 3.45. The molecule has 0 aliphatic carbocycles. The van der Waals surface area contributed by atoms with Crippen molar-refractivity contribution in [2.24, 2.45) is 0 Å². The Hall–Kier alpha value is -1.90. The highest BCUT2D eigenvalue weighted by Gasteiger charge is 2.08. The van der Waals surface area contributed by atoms with Crippen molar-refractivity contribution in [1.82, 2.24) is 0 Å². The molecule has 2 rings (SSSR count). The first-order valence-electron chi connectivity index (χ1n) is 6.85. The maximum atomic E-state index is 13.4. The van der Waals surface area contributed by atoms with Crippen LogP contribution in [0.3, 0.4) is 0 Å². The summed E-state index contributed by atoms with van der Waals surface area (Å²) in [5, 5.41) is 0. The molecule has 0 radical (unpaired) electrons. The zero-order valence-corrected chi connectivity index (χ0v) is 12.7. The molecule has 0 aliphatic heterocycles. The highest BCUT2D eigenvalue weighted by Crippen LogP contribution is 2.26. The molecule has 0 saturated heterocycles. The molecule has 20 heavy (non-hydrogen) atoms. The van der Waals surface area contributed by atoms with E-state index < -0.39 is 11.6 Å². The Morgan fingerprint density at radius 1 is 0.800 bits per heavy atom. The van der Waals surface area contributed by atoms with Gasteiger partial charge in [-0.2, -0.15) is 0 Å². The van der Waals surface area contributed by atoms with Gasteiger partial charge in [-0.1, -0.05) is 45.9 Å². The molecular formula is C17H22F2O. The van der Waals surface area contributed by atoms with Gasteiger partial charge in [0.05, 0.1) is 0 Å². The smallest absolute Gasteiger partial charge is 0.166 e. The molecule has 2 aromatic carbocycles. The van der Waals surface area contributed by atoms with Gasteiger partial charge in [-0.25, -0.2) is 8.78 Å². The third kappa shape index (κ3) is 5.39. The molecule has 0 atom stereocenters. The molecule has 0 saturated carbocycles. The lowest BCUT2D eigenvalue weighted by Crippen LogP contribution is -1.92. The first-order chi connectivity index (χ1) is 9.66. The van der Waals surface area contributed by atoms with Gasteiger partial charge in [0.1, 0.15) is 11.6 Å². The Morgan fingerprint density at radius 3 is 1.90 bits per heavy atom. The lowest BCUT2D eigenvalue weighted by atomic mass is 10.2. The van der Waals surface area contributed by atoms with Gasteiger partial charge in [0.2, 0.25) is 0 Å². The molecule has 0 N–H and O–H groups in total. The minimum absolute atomic E-state index is 0.102. The van der Waals surface area contributed by atoms with E-state index in [1.54, 1.807) is 24.3 Å². The normalized spacial score (nSPS) is 8.75. The molecule has 0 fully saturated rings. The summed E-state index contributed by atoms with van der Waals surface area (Å²) in [5.41, 5.74) is 0.262. The molecule has 0 bridgehead atoms.